The molecule has 17 heteroatoms. The minimum atomic E-state index is -1.11. The van der Waals surface area contributed by atoms with Gasteiger partial charge < -0.3 is 27.2 Å². The van der Waals surface area contributed by atoms with Crippen LogP contribution in [0.1, 0.15) is 104 Å². The summed E-state index contributed by atoms with van der Waals surface area (Å²) in [7, 11) is 1.69. The van der Waals surface area contributed by atoms with Crippen molar-refractivity contribution in [2.75, 3.05) is 4.90 Å². The first-order valence-corrected chi connectivity index (χ1v) is 23.1. The number of carboxylic acids is 1. The van der Waals surface area contributed by atoms with Gasteiger partial charge in [-0.3, -0.25) is 52.9 Å². The van der Waals surface area contributed by atoms with Crippen LogP contribution in [0.4, 0.5) is 5.69 Å². The summed E-state index contributed by atoms with van der Waals surface area (Å²) in [5.41, 5.74) is 19.5. The number of hydrogen-bond donors (Lipinski definition) is 6. The first-order valence-electron chi connectivity index (χ1n) is 23.1. The monoisotopic (exact) mass is 926 g/mol. The average Bonchev–Trinajstić information content (AvgIpc) is 3.78. The Bertz CT molecular complexity index is 2740. The molecule has 1 unspecified atom stereocenters. The number of aryl methyl sites for hydroxylation is 4. The number of nitrogens with zero attached hydrogens (tertiary/aromatic N) is 3. The molecule has 0 aliphatic carbocycles. The lowest BCUT2D eigenvalue weighted by Gasteiger charge is -2.29. The molecule has 1 aromatic heterocycles. The van der Waals surface area contributed by atoms with E-state index >= 15 is 0 Å². The largest absolute Gasteiger partial charge is 0.481 e. The number of carbonyl (C=O) groups excluding carboxylic acids is 6. The Kier molecular flexibility index (Phi) is 15.3. The zero-order valence-corrected chi connectivity index (χ0v) is 38.2. The number of unbranched alkanes of at least 4 members (excludes halogenated alkanes) is 2. The maximum absolute atomic E-state index is 14.3. The van der Waals surface area contributed by atoms with E-state index < -0.39 is 59.8 Å². The summed E-state index contributed by atoms with van der Waals surface area (Å²) in [4.78, 5) is 102. The quantitative estimate of drug-likeness (QED) is 0.0620. The third-order valence-corrected chi connectivity index (χ3v) is 12.8. The molecule has 4 aromatic carbocycles. The van der Waals surface area contributed by atoms with E-state index in [0.29, 0.717) is 24.0 Å². The van der Waals surface area contributed by atoms with Crippen LogP contribution < -0.4 is 38.0 Å². The van der Waals surface area contributed by atoms with Gasteiger partial charge in [0.05, 0.1) is 28.8 Å². The Morgan fingerprint density at radius 3 is 2.06 bits per heavy atom. The second-order valence-electron chi connectivity index (χ2n) is 17.7. The number of aromatic nitrogens is 2. The van der Waals surface area contributed by atoms with Gasteiger partial charge in [-0.25, -0.2) is 4.79 Å². The second kappa shape index (κ2) is 21.5. The fraction of sp³-hybridized carbons (Fsp3) is 0.373. The molecule has 5 aromatic rings. The Balaban J connectivity index is 0.00000165. The SMILES string of the molecule is CC(=O)O.Cn1c(=O)n(C2CCC(=O)NC2=O)c2ccc(CCCCCc3cc4c5c(c3)C[C@@H](C(=O)N[C@@H](CCC(N)=O)C(=O)NC(c3ccccc3)c3ccccc3)N5C(=O)[C@@H](N)CC4)cc21. The van der Waals surface area contributed by atoms with Crippen LogP contribution in [-0.2, 0) is 66.3 Å². The van der Waals surface area contributed by atoms with Crippen molar-refractivity contribution in [1.29, 1.82) is 0 Å². The number of imide groups is 1. The number of carbonyl (C=O) groups is 7. The number of rotatable bonds is 16. The number of piperidine rings is 1. The molecule has 0 bridgehead atoms. The average molecular weight is 927 g/mol. The van der Waals surface area contributed by atoms with Gasteiger partial charge in [-0.05, 0) is 96.9 Å². The summed E-state index contributed by atoms with van der Waals surface area (Å²) in [5, 5.41) is 15.7. The first kappa shape index (κ1) is 48.5. The molecule has 0 saturated carbocycles. The number of amides is 6. The molecular weight excluding hydrogens is 869 g/mol. The van der Waals surface area contributed by atoms with Crippen molar-refractivity contribution in [3.63, 3.8) is 0 Å². The van der Waals surface area contributed by atoms with Crippen LogP contribution in [0, 0.1) is 0 Å². The van der Waals surface area contributed by atoms with E-state index in [-0.39, 0.29) is 49.6 Å². The lowest BCUT2D eigenvalue weighted by Crippen LogP contribution is -2.56. The van der Waals surface area contributed by atoms with E-state index in [2.05, 4.69) is 28.1 Å². The van der Waals surface area contributed by atoms with Crippen LogP contribution in [0.25, 0.3) is 11.0 Å². The third-order valence-electron chi connectivity index (χ3n) is 12.8. The van der Waals surface area contributed by atoms with Crippen molar-refractivity contribution >= 4 is 58.1 Å². The van der Waals surface area contributed by atoms with Crippen LogP contribution >= 0.6 is 0 Å². The highest BCUT2D eigenvalue weighted by molar-refractivity contribution is 6.07. The molecule has 4 heterocycles. The first-order chi connectivity index (χ1) is 32.6. The van der Waals surface area contributed by atoms with Gasteiger partial charge in [-0.2, -0.15) is 0 Å². The molecule has 68 heavy (non-hydrogen) atoms. The summed E-state index contributed by atoms with van der Waals surface area (Å²) >= 11 is 0. The molecular formula is C51H58N8O9. The predicted molar refractivity (Wildman–Crippen MR) is 254 cm³/mol. The normalized spacial score (nSPS) is 18.0. The van der Waals surface area contributed by atoms with E-state index in [0.717, 1.165) is 77.9 Å². The third kappa shape index (κ3) is 11.1. The summed E-state index contributed by atoms with van der Waals surface area (Å²) in [6, 6.07) is 24.9. The van der Waals surface area contributed by atoms with Crippen molar-refractivity contribution in [1.82, 2.24) is 25.1 Å². The Labute approximate surface area is 393 Å². The minimum absolute atomic E-state index is 0.0297. The molecule has 17 nitrogen and oxygen atoms in total. The fourth-order valence-corrected chi connectivity index (χ4v) is 9.52. The molecule has 8 N–H and O–H groups in total. The Hall–Kier alpha value is -7.40. The predicted octanol–water partition coefficient (Wildman–Crippen LogP) is 3.55. The van der Waals surface area contributed by atoms with E-state index in [9.17, 15) is 33.6 Å². The van der Waals surface area contributed by atoms with Crippen molar-refractivity contribution in [2.45, 2.75) is 114 Å². The highest BCUT2D eigenvalue weighted by Gasteiger charge is 2.44. The summed E-state index contributed by atoms with van der Waals surface area (Å²) in [6.45, 7) is 1.08. The molecule has 0 spiro atoms. The minimum Gasteiger partial charge on any atom is -0.481 e. The number of primary amides is 1. The van der Waals surface area contributed by atoms with Crippen molar-refractivity contribution in [2.24, 2.45) is 18.5 Å². The molecule has 1 saturated heterocycles. The number of aliphatic carboxylic acids is 1. The van der Waals surface area contributed by atoms with E-state index in [1.165, 1.54) is 9.47 Å². The van der Waals surface area contributed by atoms with Gasteiger partial charge in [-0.15, -0.1) is 0 Å². The number of nitrogens with two attached hydrogens (primary N) is 2. The van der Waals surface area contributed by atoms with E-state index in [1.807, 2.05) is 78.9 Å². The van der Waals surface area contributed by atoms with Crippen molar-refractivity contribution in [3.8, 4) is 0 Å². The summed E-state index contributed by atoms with van der Waals surface area (Å²) in [6.07, 6.45) is 5.89. The smallest absolute Gasteiger partial charge is 0.329 e. The Morgan fingerprint density at radius 2 is 1.43 bits per heavy atom. The lowest BCUT2D eigenvalue weighted by atomic mass is 9.95. The number of hydrogen-bond acceptors (Lipinski definition) is 9. The fourth-order valence-electron chi connectivity index (χ4n) is 9.52. The zero-order chi connectivity index (χ0) is 48.6. The molecule has 4 atom stereocenters. The molecule has 0 radical (unpaired) electrons. The molecule has 1 fully saturated rings. The van der Waals surface area contributed by atoms with Gasteiger partial charge in [0.15, 0.2) is 0 Å². The van der Waals surface area contributed by atoms with Crippen LogP contribution in [0.3, 0.4) is 0 Å². The number of nitrogens with one attached hydrogen (secondary N) is 3. The van der Waals surface area contributed by atoms with Crippen LogP contribution in [0.5, 0.6) is 0 Å². The lowest BCUT2D eigenvalue weighted by molar-refractivity contribution is -0.136. The van der Waals surface area contributed by atoms with Crippen LogP contribution in [-0.4, -0.2) is 73.8 Å². The van der Waals surface area contributed by atoms with Crippen molar-refractivity contribution < 1.29 is 38.7 Å². The molecule has 3 aliphatic heterocycles. The van der Waals surface area contributed by atoms with Gasteiger partial charge in [-0.1, -0.05) is 85.3 Å². The van der Waals surface area contributed by atoms with Gasteiger partial charge in [0.2, 0.25) is 35.4 Å². The highest BCUT2D eigenvalue weighted by Crippen LogP contribution is 2.40. The standard InChI is InChI=1S/C49H54N8O7.C2H4O2/c1-55-39-27-29(17-21-37(39)56(49(55)64)38-22-24-42(59)53-46(38)61)11-5-2-6-12-30-25-33-18-19-35(50)48(63)57-40(28-34(26-30)44(33)57)47(62)52-36(20-23-41(51)58)45(60)54-43(31-13-7-3-8-14-31)32-15-9-4-10-16-32;1-2(3)4/h3-4,7-10,13-17,21,25-27,35-36,38,40,43H,2,5-6,11-12,18-20,22-24,28,50H2,1H3,(H2,51,58)(H,52,62)(H,54,60)(H,53,59,61);1H3,(H,3,4)/t35-,36-,38?,40-;/m0./s1. The number of imidazole rings is 1. The topological polar surface area (TPSA) is 258 Å². The molecule has 356 valence electrons. The van der Waals surface area contributed by atoms with Crippen LogP contribution in [0.15, 0.2) is 95.8 Å². The molecule has 8 rings (SSSR count). The zero-order valence-electron chi connectivity index (χ0n) is 38.2. The molecule has 3 aliphatic rings. The second-order valence-corrected chi connectivity index (χ2v) is 17.7. The van der Waals surface area contributed by atoms with Crippen LogP contribution in [0.2, 0.25) is 0 Å². The van der Waals surface area contributed by atoms with Gasteiger partial charge in [0.1, 0.15) is 18.1 Å². The van der Waals surface area contributed by atoms with E-state index in [1.54, 1.807) is 11.6 Å². The van der Waals surface area contributed by atoms with Crippen molar-refractivity contribution in [3.05, 3.63) is 135 Å². The number of carboxylic acid groups (broad SMARTS) is 1. The maximum Gasteiger partial charge on any atom is 0.329 e. The highest BCUT2D eigenvalue weighted by atomic mass is 16.4. The Morgan fingerprint density at radius 1 is 0.794 bits per heavy atom. The summed E-state index contributed by atoms with van der Waals surface area (Å²) in [5.74, 6) is -3.58. The summed E-state index contributed by atoms with van der Waals surface area (Å²) < 4.78 is 3.04. The van der Waals surface area contributed by atoms with Gasteiger partial charge in [0, 0.05) is 33.2 Å². The number of fused-ring (bicyclic) bond motifs is 1. The molecule has 6 amide bonds. The van der Waals surface area contributed by atoms with Gasteiger partial charge >= 0.3 is 5.69 Å². The van der Waals surface area contributed by atoms with E-state index in [4.69, 9.17) is 21.4 Å². The van der Waals surface area contributed by atoms with Gasteiger partial charge in [0.25, 0.3) is 5.97 Å². The maximum atomic E-state index is 14.3. The number of anilines is 1. The number of benzene rings is 4.